The van der Waals surface area contributed by atoms with Gasteiger partial charge in [-0.1, -0.05) is 48.5 Å². The third-order valence-electron chi connectivity index (χ3n) is 4.29. The Labute approximate surface area is 147 Å². The second-order valence-corrected chi connectivity index (χ2v) is 5.80. The highest BCUT2D eigenvalue weighted by atomic mass is 16.5. The van der Waals surface area contributed by atoms with Crippen LogP contribution in [0.1, 0.15) is 0 Å². The molecule has 0 amide bonds. The number of H-pyrrole nitrogens is 1. The topological polar surface area (TPSA) is 28.9 Å². The Balaban J connectivity index is 1.91. The van der Waals surface area contributed by atoms with Crippen molar-refractivity contribution in [1.29, 1.82) is 0 Å². The molecular weight excluding hydrogens is 308 g/mol. The predicted molar refractivity (Wildman–Crippen MR) is 99.7 cm³/mol. The number of hydrogen-bond donors (Lipinski definition) is 1. The summed E-state index contributed by atoms with van der Waals surface area (Å²) in [4.78, 5) is 3.46. The van der Waals surface area contributed by atoms with Gasteiger partial charge in [0.15, 0.2) is 12.4 Å². The maximum atomic E-state index is 5.28. The van der Waals surface area contributed by atoms with E-state index in [2.05, 4.69) is 64.5 Å². The van der Waals surface area contributed by atoms with Crippen molar-refractivity contribution in [2.45, 2.75) is 0 Å². The number of nitrogens with one attached hydrogen (secondary N) is 1. The molecule has 0 saturated heterocycles. The summed E-state index contributed by atoms with van der Waals surface area (Å²) in [6.07, 6.45) is 6.21. The van der Waals surface area contributed by atoms with Gasteiger partial charge in [-0.3, -0.25) is 0 Å². The van der Waals surface area contributed by atoms with Gasteiger partial charge in [-0.05, 0) is 17.7 Å². The van der Waals surface area contributed by atoms with Crippen LogP contribution in [0.2, 0.25) is 0 Å². The van der Waals surface area contributed by atoms with E-state index < -0.39 is 0 Å². The van der Waals surface area contributed by atoms with Gasteiger partial charge in [-0.25, -0.2) is 0 Å². The zero-order valence-electron chi connectivity index (χ0n) is 14.0. The first-order valence-electron chi connectivity index (χ1n) is 8.25. The summed E-state index contributed by atoms with van der Waals surface area (Å²) in [6, 6.07) is 24.7. The van der Waals surface area contributed by atoms with Crippen molar-refractivity contribution in [3.8, 4) is 33.8 Å². The van der Waals surface area contributed by atoms with Gasteiger partial charge in [0.05, 0.1) is 12.7 Å². The minimum atomic E-state index is 0.858. The Morgan fingerprint density at radius 2 is 1.44 bits per heavy atom. The number of rotatable bonds is 4. The molecule has 1 N–H and O–H groups in total. The molecular formula is C22H19N2O+. The molecule has 0 saturated carbocycles. The highest BCUT2D eigenvalue weighted by Crippen LogP contribution is 2.33. The van der Waals surface area contributed by atoms with E-state index in [1.54, 1.807) is 7.11 Å². The fourth-order valence-corrected chi connectivity index (χ4v) is 3.05. The molecule has 0 radical (unpaired) electrons. The number of aromatic amines is 1. The number of hydrogen-bond acceptors (Lipinski definition) is 1. The van der Waals surface area contributed by atoms with E-state index in [0.717, 1.165) is 33.8 Å². The fourth-order valence-electron chi connectivity index (χ4n) is 3.05. The van der Waals surface area contributed by atoms with Gasteiger partial charge in [0.1, 0.15) is 11.4 Å². The monoisotopic (exact) mass is 327 g/mol. The summed E-state index contributed by atoms with van der Waals surface area (Å²) in [6.45, 7) is 0. The van der Waals surface area contributed by atoms with E-state index in [-0.39, 0.29) is 0 Å². The molecule has 122 valence electrons. The summed E-state index contributed by atoms with van der Waals surface area (Å²) in [5, 5.41) is 0. The van der Waals surface area contributed by atoms with Gasteiger partial charge in [0, 0.05) is 23.9 Å². The van der Waals surface area contributed by atoms with E-state index >= 15 is 0 Å². The number of benzene rings is 2. The maximum Gasteiger partial charge on any atom is 0.244 e. The maximum absolute atomic E-state index is 5.28. The molecule has 2 aromatic heterocycles. The minimum absolute atomic E-state index is 0.858. The molecule has 0 unspecified atom stereocenters. The largest absolute Gasteiger partial charge is 0.497 e. The Hall–Kier alpha value is -3.33. The van der Waals surface area contributed by atoms with Crippen molar-refractivity contribution in [1.82, 2.24) is 4.98 Å². The van der Waals surface area contributed by atoms with Crippen molar-refractivity contribution in [2.75, 3.05) is 7.11 Å². The molecule has 4 rings (SSSR count). The SMILES string of the molecule is COc1ccc(-c2c[nH]c(-c3ccccc3)c2-[n+]2ccccc2)cc1. The molecule has 0 fully saturated rings. The lowest BCUT2D eigenvalue weighted by molar-refractivity contribution is -0.594. The van der Waals surface area contributed by atoms with Gasteiger partial charge < -0.3 is 9.72 Å². The normalized spacial score (nSPS) is 10.6. The smallest absolute Gasteiger partial charge is 0.244 e. The summed E-state index contributed by atoms with van der Waals surface area (Å²) in [5.74, 6) is 0.858. The Bertz CT molecular complexity index is 958. The summed E-state index contributed by atoms with van der Waals surface area (Å²) in [5.41, 5.74) is 5.69. The van der Waals surface area contributed by atoms with Crippen LogP contribution in [0.4, 0.5) is 0 Å². The summed E-state index contributed by atoms with van der Waals surface area (Å²) < 4.78 is 7.43. The number of methoxy groups -OCH3 is 1. The fraction of sp³-hybridized carbons (Fsp3) is 0.0455. The first-order chi connectivity index (χ1) is 12.4. The van der Waals surface area contributed by atoms with Crippen LogP contribution >= 0.6 is 0 Å². The lowest BCUT2D eigenvalue weighted by Gasteiger charge is -2.04. The van der Waals surface area contributed by atoms with E-state index in [4.69, 9.17) is 4.74 Å². The van der Waals surface area contributed by atoms with Crippen molar-refractivity contribution < 1.29 is 9.30 Å². The predicted octanol–water partition coefficient (Wildman–Crippen LogP) is 4.63. The molecule has 0 atom stereocenters. The highest BCUT2D eigenvalue weighted by molar-refractivity contribution is 5.81. The number of nitrogens with zero attached hydrogens (tertiary/aromatic N) is 1. The molecule has 3 heteroatoms. The van der Waals surface area contributed by atoms with Crippen LogP contribution in [0.3, 0.4) is 0 Å². The number of pyridine rings is 1. The molecule has 2 heterocycles. The quantitative estimate of drug-likeness (QED) is 0.544. The summed E-state index contributed by atoms with van der Waals surface area (Å²) in [7, 11) is 1.68. The van der Waals surface area contributed by atoms with Gasteiger partial charge in [0.25, 0.3) is 0 Å². The van der Waals surface area contributed by atoms with Crippen molar-refractivity contribution >= 4 is 0 Å². The van der Waals surface area contributed by atoms with E-state index in [1.807, 2.05) is 36.4 Å². The van der Waals surface area contributed by atoms with Gasteiger partial charge in [0.2, 0.25) is 5.69 Å². The number of aromatic nitrogens is 2. The molecule has 3 nitrogen and oxygen atoms in total. The molecule has 0 aliphatic heterocycles. The van der Waals surface area contributed by atoms with Gasteiger partial charge in [-0.15, -0.1) is 0 Å². The van der Waals surface area contributed by atoms with Crippen LogP contribution in [0.15, 0.2) is 91.4 Å². The molecule has 2 aromatic carbocycles. The molecule has 0 aliphatic rings. The molecule has 25 heavy (non-hydrogen) atoms. The van der Waals surface area contributed by atoms with Crippen molar-refractivity contribution in [3.63, 3.8) is 0 Å². The third-order valence-corrected chi connectivity index (χ3v) is 4.29. The third kappa shape index (κ3) is 2.92. The van der Waals surface area contributed by atoms with Crippen molar-refractivity contribution in [2.24, 2.45) is 0 Å². The standard InChI is InChI=1S/C22H19N2O/c1-25-19-12-10-17(11-13-19)20-16-23-21(18-8-4-2-5-9-18)22(20)24-14-6-3-7-15-24/h2-16,23H,1H3/q+1. The molecule has 0 spiro atoms. The van der Waals surface area contributed by atoms with Crippen LogP contribution in [-0.4, -0.2) is 12.1 Å². The molecule has 0 aliphatic carbocycles. The second-order valence-electron chi connectivity index (χ2n) is 5.80. The van der Waals surface area contributed by atoms with E-state index in [1.165, 1.54) is 0 Å². The number of ether oxygens (including phenoxy) is 1. The molecule has 4 aromatic rings. The second kappa shape index (κ2) is 6.65. The lowest BCUT2D eigenvalue weighted by Crippen LogP contribution is -2.30. The average Bonchev–Trinajstić information content (AvgIpc) is 3.14. The summed E-state index contributed by atoms with van der Waals surface area (Å²) >= 11 is 0. The zero-order valence-corrected chi connectivity index (χ0v) is 14.0. The highest BCUT2D eigenvalue weighted by Gasteiger charge is 2.22. The van der Waals surface area contributed by atoms with E-state index in [9.17, 15) is 0 Å². The van der Waals surface area contributed by atoms with Gasteiger partial charge >= 0.3 is 0 Å². The van der Waals surface area contributed by atoms with Crippen LogP contribution in [0.25, 0.3) is 28.1 Å². The molecule has 0 bridgehead atoms. The minimum Gasteiger partial charge on any atom is -0.497 e. The van der Waals surface area contributed by atoms with Crippen molar-refractivity contribution in [3.05, 3.63) is 91.4 Å². The van der Waals surface area contributed by atoms with Crippen LogP contribution in [0.5, 0.6) is 5.75 Å². The first-order valence-corrected chi connectivity index (χ1v) is 8.25. The van der Waals surface area contributed by atoms with E-state index in [0.29, 0.717) is 0 Å². The zero-order chi connectivity index (χ0) is 17.1. The average molecular weight is 327 g/mol. The van der Waals surface area contributed by atoms with Crippen LogP contribution in [-0.2, 0) is 0 Å². The van der Waals surface area contributed by atoms with Crippen LogP contribution < -0.4 is 9.30 Å². The lowest BCUT2D eigenvalue weighted by atomic mass is 10.0. The Morgan fingerprint density at radius 1 is 0.760 bits per heavy atom. The van der Waals surface area contributed by atoms with Gasteiger partial charge in [-0.2, -0.15) is 4.57 Å². The Morgan fingerprint density at radius 3 is 2.12 bits per heavy atom. The van der Waals surface area contributed by atoms with Crippen LogP contribution in [0, 0.1) is 0 Å². The Kier molecular flexibility index (Phi) is 4.05. The first kappa shape index (κ1) is 15.2.